The van der Waals surface area contributed by atoms with Gasteiger partial charge in [-0.05, 0) is 37.2 Å². The number of methoxy groups -OCH3 is 1. The van der Waals surface area contributed by atoms with Crippen molar-refractivity contribution >= 4 is 33.4 Å². The Bertz CT molecular complexity index is 973. The summed E-state index contributed by atoms with van der Waals surface area (Å²) in [4.78, 5) is 45.5. The number of amides is 2. The van der Waals surface area contributed by atoms with E-state index in [-0.39, 0.29) is 23.9 Å². The van der Waals surface area contributed by atoms with Crippen LogP contribution in [-0.2, 0) is 16.1 Å². The lowest BCUT2D eigenvalue weighted by atomic mass is 9.92. The molecule has 2 aromatic rings. The zero-order valence-electron chi connectivity index (χ0n) is 18.1. The Balaban J connectivity index is 1.78. The third-order valence-corrected chi connectivity index (χ3v) is 6.66. The van der Waals surface area contributed by atoms with Gasteiger partial charge < -0.3 is 15.0 Å². The van der Waals surface area contributed by atoms with Gasteiger partial charge in [-0.2, -0.15) is 0 Å². The van der Waals surface area contributed by atoms with Gasteiger partial charge in [0.25, 0.3) is 11.5 Å². The second-order valence-corrected chi connectivity index (χ2v) is 9.26. The van der Waals surface area contributed by atoms with Gasteiger partial charge >= 0.3 is 0 Å². The van der Waals surface area contributed by atoms with Crippen molar-refractivity contribution in [3.05, 3.63) is 27.1 Å². The number of thiophene rings is 1. The van der Waals surface area contributed by atoms with Gasteiger partial charge in [0.15, 0.2) is 0 Å². The number of carbonyl (C=O) groups excluding carboxylic acids is 2. The Morgan fingerprint density at radius 3 is 2.67 bits per heavy atom. The smallest absolute Gasteiger partial charge is 0.262 e. The fourth-order valence-corrected chi connectivity index (χ4v) is 5.16. The molecule has 2 aromatic heterocycles. The molecule has 0 radical (unpaired) electrons. The molecule has 1 N–H and O–H groups in total. The normalized spacial score (nSPS) is 19.3. The number of rotatable bonds is 7. The molecule has 9 heteroatoms. The Morgan fingerprint density at radius 2 is 2.00 bits per heavy atom. The lowest BCUT2D eigenvalue weighted by Crippen LogP contribution is -2.44. The number of nitrogens with zero attached hydrogens (tertiary/aromatic N) is 3. The number of aromatic nitrogens is 2. The number of fused-ring (bicyclic) bond motifs is 1. The molecule has 0 aromatic carbocycles. The van der Waals surface area contributed by atoms with Gasteiger partial charge in [0.1, 0.15) is 11.4 Å². The fraction of sp³-hybridized carbons (Fsp3) is 0.619. The van der Waals surface area contributed by atoms with Crippen molar-refractivity contribution in [2.75, 3.05) is 33.4 Å². The van der Waals surface area contributed by atoms with Crippen molar-refractivity contribution < 1.29 is 14.3 Å². The predicted octanol–water partition coefficient (Wildman–Crippen LogP) is 2.04. The van der Waals surface area contributed by atoms with Crippen molar-refractivity contribution in [3.63, 3.8) is 0 Å². The van der Waals surface area contributed by atoms with E-state index in [0.29, 0.717) is 52.1 Å². The molecule has 1 saturated heterocycles. The molecule has 0 bridgehead atoms. The first-order valence-corrected chi connectivity index (χ1v) is 11.2. The van der Waals surface area contributed by atoms with Crippen molar-refractivity contribution in [3.8, 4) is 0 Å². The summed E-state index contributed by atoms with van der Waals surface area (Å²) < 4.78 is 6.34. The second kappa shape index (κ2) is 9.70. The van der Waals surface area contributed by atoms with Gasteiger partial charge in [-0.3, -0.25) is 19.0 Å². The van der Waals surface area contributed by atoms with E-state index in [0.717, 1.165) is 19.5 Å². The van der Waals surface area contributed by atoms with E-state index in [1.54, 1.807) is 14.0 Å². The van der Waals surface area contributed by atoms with Crippen LogP contribution in [0.25, 0.3) is 10.2 Å². The molecular weight excluding hydrogens is 404 g/mol. The summed E-state index contributed by atoms with van der Waals surface area (Å²) in [6.07, 6.45) is 3.24. The van der Waals surface area contributed by atoms with E-state index in [1.807, 2.05) is 4.90 Å². The molecule has 3 heterocycles. The summed E-state index contributed by atoms with van der Waals surface area (Å²) in [6.45, 7) is 8.52. The van der Waals surface area contributed by atoms with Gasteiger partial charge in [0.2, 0.25) is 5.91 Å². The standard InChI is InChI=1S/C21H30N4O4S/c1-13-8-14(2)10-24(9-13)16(26)11-25-12-23-20-17(21(25)28)15(3)18(30-20)19(27)22-6-5-7-29-4/h12-14H,5-11H2,1-4H3,(H,22,27)/t13-,14-/m1/s1. The predicted molar refractivity (Wildman–Crippen MR) is 117 cm³/mol. The van der Waals surface area contributed by atoms with Crippen molar-refractivity contribution in [1.29, 1.82) is 0 Å². The first-order valence-electron chi connectivity index (χ1n) is 10.3. The highest BCUT2D eigenvalue weighted by Gasteiger charge is 2.26. The molecule has 164 valence electrons. The summed E-state index contributed by atoms with van der Waals surface area (Å²) in [5.41, 5.74) is 0.331. The van der Waals surface area contributed by atoms with Crippen molar-refractivity contribution in [2.45, 2.75) is 40.2 Å². The van der Waals surface area contributed by atoms with Crippen LogP contribution in [0.1, 0.15) is 41.9 Å². The maximum atomic E-state index is 13.0. The Morgan fingerprint density at radius 1 is 1.30 bits per heavy atom. The number of hydrogen-bond acceptors (Lipinski definition) is 6. The lowest BCUT2D eigenvalue weighted by molar-refractivity contribution is -0.134. The molecule has 8 nitrogen and oxygen atoms in total. The van der Waals surface area contributed by atoms with Gasteiger partial charge in [0.05, 0.1) is 16.6 Å². The molecule has 30 heavy (non-hydrogen) atoms. The first-order chi connectivity index (χ1) is 14.3. The van der Waals surface area contributed by atoms with Crippen LogP contribution in [0.4, 0.5) is 0 Å². The van der Waals surface area contributed by atoms with E-state index < -0.39 is 0 Å². The Kier molecular flexibility index (Phi) is 7.25. The fourth-order valence-electron chi connectivity index (χ4n) is 4.10. The maximum absolute atomic E-state index is 13.0. The van der Waals surface area contributed by atoms with Gasteiger partial charge in [-0.1, -0.05) is 13.8 Å². The zero-order chi connectivity index (χ0) is 21.8. The molecule has 1 aliphatic heterocycles. The summed E-state index contributed by atoms with van der Waals surface area (Å²) in [5.74, 6) is 0.628. The maximum Gasteiger partial charge on any atom is 0.262 e. The molecule has 0 saturated carbocycles. The molecular formula is C21H30N4O4S. The largest absolute Gasteiger partial charge is 0.385 e. The van der Waals surface area contributed by atoms with Crippen LogP contribution in [0.5, 0.6) is 0 Å². The third kappa shape index (κ3) is 4.89. The van der Waals surface area contributed by atoms with Crippen LogP contribution < -0.4 is 10.9 Å². The van der Waals surface area contributed by atoms with Crippen LogP contribution in [-0.4, -0.2) is 59.6 Å². The number of ether oxygens (including phenoxy) is 1. The SMILES string of the molecule is COCCCNC(=O)c1sc2ncn(CC(=O)N3C[C@H](C)C[C@@H](C)C3)c(=O)c2c1C. The minimum atomic E-state index is -0.279. The van der Waals surface area contributed by atoms with Crippen molar-refractivity contribution in [1.82, 2.24) is 19.8 Å². The van der Waals surface area contributed by atoms with Crippen molar-refractivity contribution in [2.24, 2.45) is 11.8 Å². The third-order valence-electron chi connectivity index (χ3n) is 5.46. The number of nitrogens with one attached hydrogen (secondary N) is 1. The molecule has 0 unspecified atom stereocenters. The van der Waals surface area contributed by atoms with Crippen LogP contribution in [0.3, 0.4) is 0 Å². The molecule has 3 rings (SSSR count). The van der Waals surface area contributed by atoms with Gasteiger partial charge in [0, 0.05) is 33.4 Å². The first kappa shape index (κ1) is 22.4. The zero-order valence-corrected chi connectivity index (χ0v) is 18.9. The summed E-state index contributed by atoms with van der Waals surface area (Å²) >= 11 is 1.20. The minimum absolute atomic E-state index is 0.0327. The monoisotopic (exact) mass is 434 g/mol. The Hall–Kier alpha value is -2.26. The number of hydrogen-bond donors (Lipinski definition) is 1. The highest BCUT2D eigenvalue weighted by Crippen LogP contribution is 2.27. The molecule has 1 fully saturated rings. The van der Waals surface area contributed by atoms with E-state index in [9.17, 15) is 14.4 Å². The molecule has 2 atom stereocenters. The number of likely N-dealkylation sites (tertiary alicyclic amines) is 1. The van der Waals surface area contributed by atoms with E-state index in [4.69, 9.17) is 4.74 Å². The second-order valence-electron chi connectivity index (χ2n) is 8.26. The lowest BCUT2D eigenvalue weighted by Gasteiger charge is -2.35. The van der Waals surface area contributed by atoms with Crippen LogP contribution >= 0.6 is 11.3 Å². The van der Waals surface area contributed by atoms with E-state index in [2.05, 4.69) is 24.1 Å². The number of piperidine rings is 1. The summed E-state index contributed by atoms with van der Waals surface area (Å²) in [7, 11) is 1.62. The topological polar surface area (TPSA) is 93.5 Å². The number of carbonyl (C=O) groups is 2. The molecule has 1 aliphatic rings. The van der Waals surface area contributed by atoms with Gasteiger partial charge in [-0.15, -0.1) is 11.3 Å². The van der Waals surface area contributed by atoms with E-state index in [1.165, 1.54) is 22.2 Å². The van der Waals surface area contributed by atoms with Gasteiger partial charge in [-0.25, -0.2) is 4.98 Å². The summed E-state index contributed by atoms with van der Waals surface area (Å²) in [6, 6.07) is 0. The van der Waals surface area contributed by atoms with E-state index >= 15 is 0 Å². The minimum Gasteiger partial charge on any atom is -0.385 e. The van der Waals surface area contributed by atoms with Crippen LogP contribution in [0.15, 0.2) is 11.1 Å². The average molecular weight is 435 g/mol. The van der Waals surface area contributed by atoms with Crippen LogP contribution in [0, 0.1) is 18.8 Å². The number of aryl methyl sites for hydroxylation is 1. The highest BCUT2D eigenvalue weighted by molar-refractivity contribution is 7.20. The van der Waals surface area contributed by atoms with Crippen LogP contribution in [0.2, 0.25) is 0 Å². The molecule has 0 aliphatic carbocycles. The molecule has 2 amide bonds. The Labute approximate surface area is 180 Å². The quantitative estimate of drug-likeness (QED) is 0.673. The highest BCUT2D eigenvalue weighted by atomic mass is 32.1. The average Bonchev–Trinajstić information content (AvgIpc) is 3.04. The molecule has 0 spiro atoms. The summed E-state index contributed by atoms with van der Waals surface area (Å²) in [5, 5.41) is 3.26.